The highest BCUT2D eigenvalue weighted by atomic mass is 19.4. The molecular weight excluding hydrogens is 370 g/mol. The molecule has 0 spiro atoms. The van der Waals surface area contributed by atoms with Gasteiger partial charge in [-0.1, -0.05) is 6.07 Å². The molecule has 0 fully saturated rings. The van der Waals surface area contributed by atoms with Crippen LogP contribution < -0.4 is 10.5 Å². The van der Waals surface area contributed by atoms with Gasteiger partial charge in [-0.2, -0.15) is 18.3 Å². The van der Waals surface area contributed by atoms with E-state index in [0.717, 1.165) is 16.8 Å². The SMILES string of the molecule is Cn1nc(C(F)(F)F)cc1Oc1cncc(-c2ccc(C(N)=O)c(F)c2)n1. The van der Waals surface area contributed by atoms with Crippen LogP contribution in [0.4, 0.5) is 17.6 Å². The summed E-state index contributed by atoms with van der Waals surface area (Å²) >= 11 is 0. The molecule has 7 nitrogen and oxygen atoms in total. The summed E-state index contributed by atoms with van der Waals surface area (Å²) in [5, 5.41) is 3.32. The summed E-state index contributed by atoms with van der Waals surface area (Å²) in [6, 6.07) is 4.36. The molecule has 0 saturated carbocycles. The van der Waals surface area contributed by atoms with E-state index in [1.54, 1.807) is 0 Å². The monoisotopic (exact) mass is 381 g/mol. The van der Waals surface area contributed by atoms with Crippen molar-refractivity contribution in [2.75, 3.05) is 0 Å². The first-order chi connectivity index (χ1) is 12.6. The normalized spacial score (nSPS) is 11.4. The van der Waals surface area contributed by atoms with E-state index < -0.39 is 23.6 Å². The van der Waals surface area contributed by atoms with Crippen LogP contribution in [0.25, 0.3) is 11.3 Å². The molecule has 0 radical (unpaired) electrons. The highest BCUT2D eigenvalue weighted by molar-refractivity contribution is 5.93. The molecule has 0 atom stereocenters. The third-order valence-electron chi connectivity index (χ3n) is 3.48. The zero-order chi connectivity index (χ0) is 19.8. The maximum atomic E-state index is 13.9. The lowest BCUT2D eigenvalue weighted by atomic mass is 10.1. The Morgan fingerprint density at radius 2 is 1.96 bits per heavy atom. The van der Waals surface area contributed by atoms with Gasteiger partial charge in [-0.3, -0.25) is 9.78 Å². The fourth-order valence-corrected chi connectivity index (χ4v) is 2.20. The Labute approximate surface area is 149 Å². The van der Waals surface area contributed by atoms with E-state index in [1.165, 1.54) is 31.6 Å². The molecular formula is C16H11F4N5O2. The Morgan fingerprint density at radius 3 is 2.56 bits per heavy atom. The number of amides is 1. The third-order valence-corrected chi connectivity index (χ3v) is 3.48. The summed E-state index contributed by atoms with van der Waals surface area (Å²) in [6.45, 7) is 0. The average molecular weight is 381 g/mol. The van der Waals surface area contributed by atoms with E-state index in [-0.39, 0.29) is 28.6 Å². The molecule has 0 aliphatic rings. The van der Waals surface area contributed by atoms with Crippen LogP contribution in [0.15, 0.2) is 36.7 Å². The maximum Gasteiger partial charge on any atom is 0.435 e. The summed E-state index contributed by atoms with van der Waals surface area (Å²) in [5.74, 6) is -2.08. The lowest BCUT2D eigenvalue weighted by Gasteiger charge is -2.07. The van der Waals surface area contributed by atoms with Crippen LogP contribution in [0.2, 0.25) is 0 Å². The van der Waals surface area contributed by atoms with Crippen molar-refractivity contribution in [1.29, 1.82) is 0 Å². The molecule has 0 saturated heterocycles. The van der Waals surface area contributed by atoms with Gasteiger partial charge in [-0.05, 0) is 12.1 Å². The number of alkyl halides is 3. The number of nitrogens with zero attached hydrogens (tertiary/aromatic N) is 4. The van der Waals surface area contributed by atoms with E-state index in [2.05, 4.69) is 15.1 Å². The van der Waals surface area contributed by atoms with E-state index in [9.17, 15) is 22.4 Å². The minimum Gasteiger partial charge on any atom is -0.419 e. The largest absolute Gasteiger partial charge is 0.435 e. The molecule has 3 rings (SSSR count). The second kappa shape index (κ2) is 6.67. The zero-order valence-corrected chi connectivity index (χ0v) is 13.7. The highest BCUT2D eigenvalue weighted by Gasteiger charge is 2.35. The van der Waals surface area contributed by atoms with E-state index >= 15 is 0 Å². The van der Waals surface area contributed by atoms with Crippen LogP contribution in [-0.2, 0) is 13.2 Å². The number of halogens is 4. The first-order valence-electron chi connectivity index (χ1n) is 7.36. The molecule has 2 heterocycles. The number of carbonyl (C=O) groups is 1. The smallest absolute Gasteiger partial charge is 0.419 e. The van der Waals surface area contributed by atoms with Crippen LogP contribution >= 0.6 is 0 Å². The van der Waals surface area contributed by atoms with Crippen LogP contribution in [0, 0.1) is 5.82 Å². The van der Waals surface area contributed by atoms with Crippen LogP contribution in [-0.4, -0.2) is 25.7 Å². The summed E-state index contributed by atoms with van der Waals surface area (Å²) < 4.78 is 58.2. The summed E-state index contributed by atoms with van der Waals surface area (Å²) in [7, 11) is 1.28. The number of aromatic nitrogens is 4. The number of hydrogen-bond donors (Lipinski definition) is 1. The van der Waals surface area contributed by atoms with Gasteiger partial charge in [-0.15, -0.1) is 0 Å². The average Bonchev–Trinajstić information content (AvgIpc) is 2.96. The van der Waals surface area contributed by atoms with E-state index in [4.69, 9.17) is 10.5 Å². The molecule has 0 aliphatic heterocycles. The second-order valence-corrected chi connectivity index (χ2v) is 5.39. The number of benzene rings is 1. The number of aryl methyl sites for hydroxylation is 1. The standard InChI is InChI=1S/C16H11F4N5O2/c1-25-14(5-12(24-25)16(18,19)20)27-13-7-22-6-11(23-13)8-2-3-9(15(21)26)10(17)4-8/h2-7H,1H3,(H2,21,26). The molecule has 2 N–H and O–H groups in total. The van der Waals surface area contributed by atoms with Crippen molar-refractivity contribution in [2.24, 2.45) is 12.8 Å². The fraction of sp³-hybridized carbons (Fsp3) is 0.125. The third kappa shape index (κ3) is 3.86. The molecule has 11 heteroatoms. The molecule has 140 valence electrons. The highest BCUT2D eigenvalue weighted by Crippen LogP contribution is 2.32. The first-order valence-corrected chi connectivity index (χ1v) is 7.36. The van der Waals surface area contributed by atoms with E-state index in [1.807, 2.05) is 0 Å². The van der Waals surface area contributed by atoms with Gasteiger partial charge >= 0.3 is 6.18 Å². The van der Waals surface area contributed by atoms with E-state index in [0.29, 0.717) is 0 Å². The Bertz CT molecular complexity index is 1020. The minimum absolute atomic E-state index is 0.122. The number of nitrogens with two attached hydrogens (primary N) is 1. The van der Waals surface area contributed by atoms with Gasteiger partial charge in [0, 0.05) is 18.7 Å². The quantitative estimate of drug-likeness (QED) is 0.701. The number of rotatable bonds is 4. The van der Waals surface area contributed by atoms with Gasteiger partial charge in [0.25, 0.3) is 5.91 Å². The Kier molecular flexibility index (Phi) is 4.52. The zero-order valence-electron chi connectivity index (χ0n) is 13.7. The van der Waals surface area contributed by atoms with Gasteiger partial charge in [-0.25, -0.2) is 14.1 Å². The lowest BCUT2D eigenvalue weighted by molar-refractivity contribution is -0.141. The Balaban J connectivity index is 1.90. The molecule has 2 aromatic heterocycles. The Morgan fingerprint density at radius 1 is 1.22 bits per heavy atom. The number of ether oxygens (including phenoxy) is 1. The van der Waals surface area contributed by atoms with Gasteiger partial charge in [0.1, 0.15) is 5.82 Å². The van der Waals surface area contributed by atoms with Gasteiger partial charge in [0.05, 0.1) is 23.7 Å². The van der Waals surface area contributed by atoms with Crippen molar-refractivity contribution in [3.8, 4) is 23.0 Å². The summed E-state index contributed by atoms with van der Waals surface area (Å²) in [6.07, 6.45) is -2.14. The predicted octanol–water partition coefficient (Wildman–Crippen LogP) is 2.93. The minimum atomic E-state index is -4.62. The topological polar surface area (TPSA) is 95.9 Å². The molecule has 0 bridgehead atoms. The van der Waals surface area contributed by atoms with Crippen molar-refractivity contribution in [3.05, 3.63) is 53.7 Å². The first kappa shape index (κ1) is 18.3. The van der Waals surface area contributed by atoms with Crippen molar-refractivity contribution >= 4 is 5.91 Å². The maximum absolute atomic E-state index is 13.9. The van der Waals surface area contributed by atoms with Crippen LogP contribution in [0.1, 0.15) is 16.1 Å². The molecule has 27 heavy (non-hydrogen) atoms. The predicted molar refractivity (Wildman–Crippen MR) is 84.2 cm³/mol. The van der Waals surface area contributed by atoms with Crippen molar-refractivity contribution in [2.45, 2.75) is 6.18 Å². The van der Waals surface area contributed by atoms with Gasteiger partial charge in [0.2, 0.25) is 11.8 Å². The van der Waals surface area contributed by atoms with Gasteiger partial charge in [0.15, 0.2) is 5.69 Å². The molecule has 0 aliphatic carbocycles. The molecule has 3 aromatic rings. The lowest BCUT2D eigenvalue weighted by Crippen LogP contribution is -2.13. The van der Waals surface area contributed by atoms with Gasteiger partial charge < -0.3 is 10.5 Å². The number of carbonyl (C=O) groups excluding carboxylic acids is 1. The number of primary amides is 1. The molecule has 0 unspecified atom stereocenters. The van der Waals surface area contributed by atoms with Crippen LogP contribution in [0.3, 0.4) is 0 Å². The van der Waals surface area contributed by atoms with Crippen LogP contribution in [0.5, 0.6) is 11.8 Å². The summed E-state index contributed by atoms with van der Waals surface area (Å²) in [4.78, 5) is 19.0. The van der Waals surface area contributed by atoms with Crippen molar-refractivity contribution in [3.63, 3.8) is 0 Å². The van der Waals surface area contributed by atoms with Crippen molar-refractivity contribution in [1.82, 2.24) is 19.7 Å². The fourth-order valence-electron chi connectivity index (χ4n) is 2.20. The molecule has 1 aromatic carbocycles. The second-order valence-electron chi connectivity index (χ2n) is 5.39. The van der Waals surface area contributed by atoms with Crippen molar-refractivity contribution < 1.29 is 27.1 Å². The summed E-state index contributed by atoms with van der Waals surface area (Å²) in [5.41, 5.74) is 4.10. The molecule has 1 amide bonds. The number of hydrogen-bond acceptors (Lipinski definition) is 5. The Hall–Kier alpha value is -3.50.